The molecule has 0 fully saturated rings. The molecule has 2 aromatic rings. The van der Waals surface area contributed by atoms with Gasteiger partial charge in [-0.2, -0.15) is 4.68 Å². The van der Waals surface area contributed by atoms with Gasteiger partial charge in [0.2, 0.25) is 0 Å². The van der Waals surface area contributed by atoms with Crippen molar-refractivity contribution in [3.05, 3.63) is 27.6 Å². The van der Waals surface area contributed by atoms with Crippen molar-refractivity contribution in [1.82, 2.24) is 19.4 Å². The predicted molar refractivity (Wildman–Crippen MR) is 66.8 cm³/mol. The van der Waals surface area contributed by atoms with Gasteiger partial charge in [0.05, 0.1) is 16.9 Å². The van der Waals surface area contributed by atoms with E-state index in [2.05, 4.69) is 20.0 Å². The topological polar surface area (TPSA) is 98.8 Å². The first-order valence-corrected chi connectivity index (χ1v) is 6.12. The normalized spacial score (nSPS) is 10.6. The number of aryl methyl sites for hydroxylation is 1. The van der Waals surface area contributed by atoms with Crippen LogP contribution in [0.5, 0.6) is 0 Å². The molecule has 0 aliphatic rings. The van der Waals surface area contributed by atoms with E-state index in [1.165, 1.54) is 16.2 Å². The van der Waals surface area contributed by atoms with E-state index in [4.69, 9.17) is 0 Å². The average molecular weight is 268 g/mol. The molecule has 0 aliphatic carbocycles. The third kappa shape index (κ3) is 2.45. The van der Waals surface area contributed by atoms with Crippen LogP contribution in [-0.4, -0.2) is 30.8 Å². The van der Waals surface area contributed by atoms with Crippen LogP contribution in [0.25, 0.3) is 0 Å². The van der Waals surface area contributed by atoms with Gasteiger partial charge in [-0.3, -0.25) is 0 Å². The molecular formula is C9H12N6O2S. The highest BCUT2D eigenvalue weighted by Crippen LogP contribution is 2.20. The molecule has 0 amide bonds. The largest absolute Gasteiger partial charge is 0.392 e. The van der Waals surface area contributed by atoms with E-state index >= 15 is 0 Å². The van der Waals surface area contributed by atoms with Gasteiger partial charge >= 0.3 is 5.82 Å². The second kappa shape index (κ2) is 5.08. The van der Waals surface area contributed by atoms with Crippen LogP contribution in [0, 0.1) is 17.0 Å². The lowest BCUT2D eigenvalue weighted by atomic mass is 10.4. The second-order valence-corrected chi connectivity index (χ2v) is 4.42. The zero-order valence-corrected chi connectivity index (χ0v) is 10.8. The number of hydrogen-bond donors (Lipinski definition) is 1. The minimum Gasteiger partial charge on any atom is -0.374 e. The Hall–Kier alpha value is -2.03. The highest BCUT2D eigenvalue weighted by Gasteiger charge is 2.18. The van der Waals surface area contributed by atoms with Crippen molar-refractivity contribution in [2.45, 2.75) is 20.4 Å². The molecule has 0 saturated carbocycles. The summed E-state index contributed by atoms with van der Waals surface area (Å²) < 4.78 is 5.36. The molecule has 0 atom stereocenters. The molecule has 18 heavy (non-hydrogen) atoms. The van der Waals surface area contributed by atoms with Gasteiger partial charge in [-0.1, -0.05) is 4.49 Å². The first-order chi connectivity index (χ1) is 8.61. The molecule has 0 unspecified atom stereocenters. The van der Waals surface area contributed by atoms with Crippen LogP contribution < -0.4 is 5.32 Å². The minimum absolute atomic E-state index is 0.122. The van der Waals surface area contributed by atoms with Crippen LogP contribution in [-0.2, 0) is 6.54 Å². The molecular weight excluding hydrogens is 256 g/mol. The van der Waals surface area contributed by atoms with E-state index in [1.807, 2.05) is 6.92 Å². The van der Waals surface area contributed by atoms with Crippen LogP contribution in [0.3, 0.4) is 0 Å². The van der Waals surface area contributed by atoms with Crippen LogP contribution in [0.15, 0.2) is 6.20 Å². The lowest BCUT2D eigenvalue weighted by Gasteiger charge is -1.99. The predicted octanol–water partition coefficient (Wildman–Crippen LogP) is 1.43. The Morgan fingerprint density at radius 2 is 2.39 bits per heavy atom. The summed E-state index contributed by atoms with van der Waals surface area (Å²) in [5.41, 5.74) is 1.27. The van der Waals surface area contributed by atoms with Crippen molar-refractivity contribution in [3.8, 4) is 0 Å². The number of nitrogens with one attached hydrogen (secondary N) is 1. The van der Waals surface area contributed by atoms with E-state index in [0.717, 1.165) is 17.2 Å². The Labute approximate surface area is 107 Å². The van der Waals surface area contributed by atoms with Crippen LogP contribution in [0.1, 0.15) is 18.2 Å². The summed E-state index contributed by atoms with van der Waals surface area (Å²) in [6.07, 6.45) is 1.63. The molecule has 0 spiro atoms. The summed E-state index contributed by atoms with van der Waals surface area (Å²) in [5.74, 6) is -0.122. The second-order valence-electron chi connectivity index (χ2n) is 3.67. The minimum atomic E-state index is -0.490. The van der Waals surface area contributed by atoms with Crippen LogP contribution >= 0.6 is 11.5 Å². The fourth-order valence-electron chi connectivity index (χ4n) is 1.53. The Balaban J connectivity index is 2.21. The molecule has 0 bridgehead atoms. The molecule has 2 aromatic heterocycles. The first-order valence-electron chi connectivity index (χ1n) is 5.35. The average Bonchev–Trinajstić information content (AvgIpc) is 2.87. The fraction of sp³-hybridized carbons (Fsp3) is 0.444. The Morgan fingerprint density at radius 3 is 3.00 bits per heavy atom. The van der Waals surface area contributed by atoms with Crippen LogP contribution in [0.4, 0.5) is 10.8 Å². The number of nitrogens with zero attached hydrogens (tertiary/aromatic N) is 5. The summed E-state index contributed by atoms with van der Waals surface area (Å²) in [4.78, 5) is 10.2. The maximum absolute atomic E-state index is 10.7. The molecule has 0 radical (unpaired) electrons. The van der Waals surface area contributed by atoms with Gasteiger partial charge in [0.25, 0.3) is 0 Å². The monoisotopic (exact) mass is 268 g/mol. The van der Waals surface area contributed by atoms with Crippen molar-refractivity contribution >= 4 is 22.4 Å². The van der Waals surface area contributed by atoms with E-state index in [-0.39, 0.29) is 5.82 Å². The van der Waals surface area contributed by atoms with E-state index in [9.17, 15) is 10.1 Å². The van der Waals surface area contributed by atoms with E-state index in [1.54, 1.807) is 13.1 Å². The molecule has 8 nitrogen and oxygen atoms in total. The quantitative estimate of drug-likeness (QED) is 0.650. The third-order valence-corrected chi connectivity index (χ3v) is 3.02. The number of aromatic nitrogens is 4. The highest BCUT2D eigenvalue weighted by molar-refractivity contribution is 7.10. The number of hydrogen-bond acceptors (Lipinski definition) is 7. The standard InChI is InChI=1S/C9H12N6O2S/c1-3-10-9-7(11-13-18-9)5-14-4-6(2)8(12-14)15(16)17/h4,10H,3,5H2,1-2H3. The van der Waals surface area contributed by atoms with Gasteiger partial charge < -0.3 is 15.4 Å². The molecule has 2 rings (SSSR count). The van der Waals surface area contributed by atoms with Gasteiger partial charge in [-0.15, -0.1) is 5.10 Å². The molecule has 96 valence electrons. The Kier molecular flexibility index (Phi) is 3.51. The van der Waals surface area contributed by atoms with Gasteiger partial charge in [-0.05, 0) is 18.8 Å². The highest BCUT2D eigenvalue weighted by atomic mass is 32.1. The van der Waals surface area contributed by atoms with Gasteiger partial charge in [0.1, 0.15) is 17.2 Å². The van der Waals surface area contributed by atoms with Crippen molar-refractivity contribution in [2.75, 3.05) is 11.9 Å². The number of anilines is 1. The molecule has 1 N–H and O–H groups in total. The zero-order valence-electron chi connectivity index (χ0n) is 9.95. The first kappa shape index (κ1) is 12.4. The van der Waals surface area contributed by atoms with Gasteiger partial charge in [-0.25, -0.2) is 0 Å². The van der Waals surface area contributed by atoms with Crippen molar-refractivity contribution < 1.29 is 4.92 Å². The lowest BCUT2D eigenvalue weighted by molar-refractivity contribution is -0.390. The Bertz CT molecular complexity index is 563. The number of nitro groups is 1. The van der Waals surface area contributed by atoms with E-state index in [0.29, 0.717) is 12.1 Å². The summed E-state index contributed by atoms with van der Waals surface area (Å²) >= 11 is 1.26. The fourth-order valence-corrected chi connectivity index (χ4v) is 2.17. The zero-order chi connectivity index (χ0) is 13.1. The molecule has 0 saturated heterocycles. The summed E-state index contributed by atoms with van der Waals surface area (Å²) in [5, 5.41) is 22.6. The summed E-state index contributed by atoms with van der Waals surface area (Å²) in [6, 6.07) is 0. The smallest absolute Gasteiger partial charge is 0.374 e. The lowest BCUT2D eigenvalue weighted by Crippen LogP contribution is -2.05. The van der Waals surface area contributed by atoms with Crippen LogP contribution in [0.2, 0.25) is 0 Å². The van der Waals surface area contributed by atoms with Gasteiger partial charge in [0.15, 0.2) is 0 Å². The van der Waals surface area contributed by atoms with E-state index < -0.39 is 4.92 Å². The molecule has 0 aliphatic heterocycles. The van der Waals surface area contributed by atoms with Gasteiger partial charge in [0, 0.05) is 18.1 Å². The maximum Gasteiger partial charge on any atom is 0.392 e. The van der Waals surface area contributed by atoms with Crippen molar-refractivity contribution in [3.63, 3.8) is 0 Å². The molecule has 9 heteroatoms. The Morgan fingerprint density at radius 1 is 1.61 bits per heavy atom. The third-order valence-electron chi connectivity index (χ3n) is 2.30. The summed E-state index contributed by atoms with van der Waals surface area (Å²) in [6.45, 7) is 4.78. The van der Waals surface area contributed by atoms with Crippen molar-refractivity contribution in [1.29, 1.82) is 0 Å². The maximum atomic E-state index is 10.7. The molecule has 2 heterocycles. The molecule has 0 aromatic carbocycles. The van der Waals surface area contributed by atoms with Crippen molar-refractivity contribution in [2.24, 2.45) is 0 Å². The summed E-state index contributed by atoms with van der Waals surface area (Å²) in [7, 11) is 0. The number of rotatable bonds is 5. The SMILES string of the molecule is CCNc1snnc1Cn1cc(C)c([N+](=O)[O-])n1.